The number of aryl methyl sites for hydroxylation is 2. The minimum Gasteiger partial charge on any atom is -0.477 e. The standard InChI is InChI=1S/C14H12N2O3/c1-15-9-6-4-3-5-8(9)12-13(15)11(17)7-10(14(18)19)16(12)2/h3-7H,1-2H3,(H,18,19). The molecule has 0 aliphatic rings. The normalized spacial score (nSPS) is 11.3. The minimum absolute atomic E-state index is 0.00569. The zero-order valence-corrected chi connectivity index (χ0v) is 10.5. The fraction of sp³-hybridized carbons (Fsp3) is 0.143. The molecule has 1 aromatic carbocycles. The van der Waals surface area contributed by atoms with Crippen molar-refractivity contribution < 1.29 is 9.90 Å². The first-order valence-corrected chi connectivity index (χ1v) is 5.83. The average molecular weight is 256 g/mol. The summed E-state index contributed by atoms with van der Waals surface area (Å²) in [4.78, 5) is 23.3. The van der Waals surface area contributed by atoms with Gasteiger partial charge in [-0.25, -0.2) is 4.79 Å². The predicted octanol–water partition coefficient (Wildman–Crippen LogP) is 1.73. The van der Waals surface area contributed by atoms with Crippen molar-refractivity contribution in [1.29, 1.82) is 0 Å². The summed E-state index contributed by atoms with van der Waals surface area (Å²) in [7, 11) is 3.48. The van der Waals surface area contributed by atoms with Crippen LogP contribution in [0.3, 0.4) is 0 Å². The van der Waals surface area contributed by atoms with E-state index in [-0.39, 0.29) is 11.1 Å². The summed E-state index contributed by atoms with van der Waals surface area (Å²) in [6.07, 6.45) is 0. The summed E-state index contributed by atoms with van der Waals surface area (Å²) in [6.45, 7) is 0. The number of aromatic nitrogens is 2. The average Bonchev–Trinajstić information content (AvgIpc) is 2.69. The number of pyridine rings is 1. The van der Waals surface area contributed by atoms with Crippen molar-refractivity contribution in [2.75, 3.05) is 0 Å². The molecule has 5 heteroatoms. The molecule has 0 aliphatic carbocycles. The highest BCUT2D eigenvalue weighted by molar-refractivity contribution is 6.07. The molecule has 0 amide bonds. The van der Waals surface area contributed by atoms with E-state index in [9.17, 15) is 9.59 Å². The fourth-order valence-electron chi connectivity index (χ4n) is 2.61. The van der Waals surface area contributed by atoms with Gasteiger partial charge in [-0.1, -0.05) is 18.2 Å². The third-order valence-electron chi connectivity index (χ3n) is 3.50. The van der Waals surface area contributed by atoms with E-state index in [0.717, 1.165) is 10.9 Å². The summed E-state index contributed by atoms with van der Waals surface area (Å²) in [5, 5.41) is 10.0. The highest BCUT2D eigenvalue weighted by Gasteiger charge is 2.17. The second kappa shape index (κ2) is 3.71. The molecule has 2 aromatic heterocycles. The van der Waals surface area contributed by atoms with Crippen LogP contribution in [0.15, 0.2) is 35.1 Å². The van der Waals surface area contributed by atoms with Gasteiger partial charge in [0.15, 0.2) is 0 Å². The van der Waals surface area contributed by atoms with Crippen LogP contribution in [0, 0.1) is 0 Å². The van der Waals surface area contributed by atoms with E-state index in [1.54, 1.807) is 16.2 Å². The van der Waals surface area contributed by atoms with Crippen LogP contribution in [-0.2, 0) is 14.1 Å². The lowest BCUT2D eigenvalue weighted by atomic mass is 10.2. The zero-order chi connectivity index (χ0) is 13.7. The van der Waals surface area contributed by atoms with Gasteiger partial charge < -0.3 is 14.2 Å². The largest absolute Gasteiger partial charge is 0.477 e. The number of hydrogen-bond acceptors (Lipinski definition) is 2. The number of nitrogens with zero attached hydrogens (tertiary/aromatic N) is 2. The molecule has 0 saturated heterocycles. The second-order valence-electron chi connectivity index (χ2n) is 4.53. The van der Waals surface area contributed by atoms with Crippen LogP contribution in [0.2, 0.25) is 0 Å². The first-order valence-electron chi connectivity index (χ1n) is 5.83. The van der Waals surface area contributed by atoms with Gasteiger partial charge in [0.1, 0.15) is 11.2 Å². The number of hydrogen-bond donors (Lipinski definition) is 1. The highest BCUT2D eigenvalue weighted by atomic mass is 16.4. The highest BCUT2D eigenvalue weighted by Crippen LogP contribution is 2.26. The quantitative estimate of drug-likeness (QED) is 0.721. The number of fused-ring (bicyclic) bond motifs is 3. The van der Waals surface area contributed by atoms with Crippen molar-refractivity contribution in [2.24, 2.45) is 14.1 Å². The maximum absolute atomic E-state index is 12.1. The molecular weight excluding hydrogens is 244 g/mol. The van der Waals surface area contributed by atoms with Gasteiger partial charge in [0.2, 0.25) is 5.43 Å². The molecule has 19 heavy (non-hydrogen) atoms. The topological polar surface area (TPSA) is 64.2 Å². The Morgan fingerprint density at radius 1 is 1.11 bits per heavy atom. The number of carboxylic acids is 1. The van der Waals surface area contributed by atoms with Crippen molar-refractivity contribution in [3.63, 3.8) is 0 Å². The Balaban J connectivity index is 2.69. The van der Waals surface area contributed by atoms with E-state index in [1.165, 1.54) is 6.07 Å². The molecule has 0 atom stereocenters. The molecule has 0 spiro atoms. The summed E-state index contributed by atoms with van der Waals surface area (Å²) >= 11 is 0. The van der Waals surface area contributed by atoms with Crippen molar-refractivity contribution in [1.82, 2.24) is 9.13 Å². The van der Waals surface area contributed by atoms with Gasteiger partial charge in [-0.15, -0.1) is 0 Å². The van der Waals surface area contributed by atoms with E-state index < -0.39 is 5.97 Å². The third-order valence-corrected chi connectivity index (χ3v) is 3.50. The minimum atomic E-state index is -1.10. The second-order valence-corrected chi connectivity index (χ2v) is 4.53. The SMILES string of the molecule is Cn1c(C(=O)O)cc(=O)c2c1c1ccccc1n2C. The first-order chi connectivity index (χ1) is 9.02. The predicted molar refractivity (Wildman–Crippen MR) is 72.6 cm³/mol. The molecule has 0 bridgehead atoms. The molecule has 0 aliphatic heterocycles. The Hall–Kier alpha value is -2.56. The van der Waals surface area contributed by atoms with Gasteiger partial charge in [0.05, 0.1) is 11.0 Å². The third kappa shape index (κ3) is 1.41. The summed E-state index contributed by atoms with van der Waals surface area (Å²) in [6, 6.07) is 8.74. The van der Waals surface area contributed by atoms with Crippen molar-refractivity contribution in [2.45, 2.75) is 0 Å². The van der Waals surface area contributed by atoms with Crippen LogP contribution >= 0.6 is 0 Å². The molecule has 0 unspecified atom stereocenters. The fourth-order valence-corrected chi connectivity index (χ4v) is 2.61. The van der Waals surface area contributed by atoms with Crippen molar-refractivity contribution in [3.8, 4) is 0 Å². The Morgan fingerprint density at radius 2 is 1.79 bits per heavy atom. The monoisotopic (exact) mass is 256 g/mol. The Morgan fingerprint density at radius 3 is 2.47 bits per heavy atom. The summed E-state index contributed by atoms with van der Waals surface area (Å²) in [5.74, 6) is -1.10. The number of benzene rings is 1. The van der Waals surface area contributed by atoms with Gasteiger partial charge in [-0.3, -0.25) is 4.79 Å². The Labute approximate surface area is 108 Å². The van der Waals surface area contributed by atoms with E-state index in [2.05, 4.69) is 0 Å². The Bertz CT molecular complexity index is 887. The van der Waals surface area contributed by atoms with Gasteiger partial charge in [-0.2, -0.15) is 0 Å². The number of rotatable bonds is 1. The maximum Gasteiger partial charge on any atom is 0.352 e. The van der Waals surface area contributed by atoms with E-state index in [4.69, 9.17) is 5.11 Å². The van der Waals surface area contributed by atoms with E-state index >= 15 is 0 Å². The van der Waals surface area contributed by atoms with Gasteiger partial charge >= 0.3 is 5.97 Å². The molecule has 96 valence electrons. The van der Waals surface area contributed by atoms with Crippen LogP contribution in [-0.4, -0.2) is 20.2 Å². The molecule has 0 fully saturated rings. The van der Waals surface area contributed by atoms with Crippen LogP contribution in [0.4, 0.5) is 0 Å². The van der Waals surface area contributed by atoms with Gasteiger partial charge in [0.25, 0.3) is 0 Å². The number of aromatic carboxylic acids is 1. The smallest absolute Gasteiger partial charge is 0.352 e. The number of para-hydroxylation sites is 1. The van der Waals surface area contributed by atoms with Gasteiger partial charge in [0, 0.05) is 25.5 Å². The molecule has 3 rings (SSSR count). The van der Waals surface area contributed by atoms with Crippen molar-refractivity contribution >= 4 is 27.9 Å². The lowest BCUT2D eigenvalue weighted by Crippen LogP contribution is -2.16. The van der Waals surface area contributed by atoms with Crippen LogP contribution < -0.4 is 5.43 Å². The molecule has 2 heterocycles. The Kier molecular flexibility index (Phi) is 2.25. The molecular formula is C14H12N2O3. The van der Waals surface area contributed by atoms with E-state index in [0.29, 0.717) is 11.0 Å². The maximum atomic E-state index is 12.1. The zero-order valence-electron chi connectivity index (χ0n) is 10.5. The molecule has 5 nitrogen and oxygen atoms in total. The van der Waals surface area contributed by atoms with Crippen LogP contribution in [0.1, 0.15) is 10.5 Å². The summed E-state index contributed by atoms with van der Waals surface area (Å²) < 4.78 is 3.36. The number of carboxylic acid groups (broad SMARTS) is 1. The van der Waals surface area contributed by atoms with Crippen LogP contribution in [0.25, 0.3) is 21.9 Å². The molecule has 0 saturated carbocycles. The lowest BCUT2D eigenvalue weighted by molar-refractivity contribution is 0.0686. The number of carbonyl (C=O) groups is 1. The molecule has 0 radical (unpaired) electrons. The molecule has 1 N–H and O–H groups in total. The van der Waals surface area contributed by atoms with E-state index in [1.807, 2.05) is 31.3 Å². The molecule has 3 aromatic rings. The van der Waals surface area contributed by atoms with Crippen molar-refractivity contribution in [3.05, 3.63) is 46.2 Å². The first kappa shape index (κ1) is 11.5. The lowest BCUT2D eigenvalue weighted by Gasteiger charge is -2.06. The van der Waals surface area contributed by atoms with Gasteiger partial charge in [-0.05, 0) is 6.07 Å². The van der Waals surface area contributed by atoms with Crippen LogP contribution in [0.5, 0.6) is 0 Å². The summed E-state index contributed by atoms with van der Waals surface area (Å²) in [5.41, 5.74) is 1.81.